The molecule has 0 aliphatic carbocycles. The Morgan fingerprint density at radius 2 is 2.56 bits per heavy atom. The molecule has 0 spiro atoms. The molecule has 0 saturated carbocycles. The summed E-state index contributed by atoms with van der Waals surface area (Å²) in [6, 6.07) is -0.192. The summed E-state index contributed by atoms with van der Waals surface area (Å²) in [6.45, 7) is 5.54. The van der Waals surface area contributed by atoms with Gasteiger partial charge in [0, 0.05) is 19.3 Å². The van der Waals surface area contributed by atoms with Crippen molar-refractivity contribution in [3.63, 3.8) is 0 Å². The van der Waals surface area contributed by atoms with Crippen molar-refractivity contribution in [3.05, 3.63) is 12.4 Å². The summed E-state index contributed by atoms with van der Waals surface area (Å²) in [5, 5.41) is 9.74. The monoisotopic (exact) mass is 252 g/mol. The van der Waals surface area contributed by atoms with Crippen molar-refractivity contribution in [2.45, 2.75) is 45.4 Å². The standard InChI is InChI=1S/C12H20N4O2/c1-3-16-8-10(7-13-16)15-12(17)14-9(2)11-5-4-6-18-11/h7-9,11H,3-6H2,1-2H3,(H2,14,15,17)/t9-,11+/m0/s1. The van der Waals surface area contributed by atoms with E-state index in [-0.39, 0.29) is 18.2 Å². The lowest BCUT2D eigenvalue weighted by molar-refractivity contribution is 0.0868. The van der Waals surface area contributed by atoms with Crippen LogP contribution in [0.4, 0.5) is 10.5 Å². The first-order valence-corrected chi connectivity index (χ1v) is 6.40. The van der Waals surface area contributed by atoms with Crippen LogP contribution in [0, 0.1) is 0 Å². The first kappa shape index (κ1) is 12.9. The topological polar surface area (TPSA) is 68.2 Å². The molecule has 1 aliphatic heterocycles. The van der Waals surface area contributed by atoms with Crippen molar-refractivity contribution in [2.24, 2.45) is 0 Å². The van der Waals surface area contributed by atoms with E-state index in [1.807, 2.05) is 13.8 Å². The summed E-state index contributed by atoms with van der Waals surface area (Å²) in [5.41, 5.74) is 0.703. The van der Waals surface area contributed by atoms with Gasteiger partial charge in [-0.1, -0.05) is 0 Å². The average Bonchev–Trinajstić information content (AvgIpc) is 2.98. The zero-order valence-electron chi connectivity index (χ0n) is 10.8. The molecule has 2 amide bonds. The van der Waals surface area contributed by atoms with Crippen molar-refractivity contribution in [1.29, 1.82) is 0 Å². The lowest BCUT2D eigenvalue weighted by Crippen LogP contribution is -2.42. The number of hydrogen-bond acceptors (Lipinski definition) is 3. The molecule has 0 radical (unpaired) electrons. The molecule has 1 aromatic heterocycles. The maximum absolute atomic E-state index is 11.8. The molecule has 1 fully saturated rings. The minimum atomic E-state index is -0.214. The number of carbonyl (C=O) groups excluding carboxylic acids is 1. The smallest absolute Gasteiger partial charge is 0.319 e. The van der Waals surface area contributed by atoms with Gasteiger partial charge < -0.3 is 15.4 Å². The van der Waals surface area contributed by atoms with Crippen LogP contribution in [0.5, 0.6) is 0 Å². The van der Waals surface area contributed by atoms with E-state index < -0.39 is 0 Å². The molecule has 2 rings (SSSR count). The first-order valence-electron chi connectivity index (χ1n) is 6.40. The highest BCUT2D eigenvalue weighted by Gasteiger charge is 2.23. The molecule has 100 valence electrons. The number of aromatic nitrogens is 2. The molecule has 6 heteroatoms. The van der Waals surface area contributed by atoms with Crippen LogP contribution in [0.15, 0.2) is 12.4 Å². The lowest BCUT2D eigenvalue weighted by atomic mass is 10.1. The molecule has 1 saturated heterocycles. The van der Waals surface area contributed by atoms with Crippen LogP contribution in [0.25, 0.3) is 0 Å². The molecular formula is C12H20N4O2. The first-order chi connectivity index (χ1) is 8.69. The summed E-state index contributed by atoms with van der Waals surface area (Å²) in [4.78, 5) is 11.8. The molecule has 0 aromatic carbocycles. The van der Waals surface area contributed by atoms with Crippen LogP contribution >= 0.6 is 0 Å². The van der Waals surface area contributed by atoms with Crippen LogP contribution in [0.2, 0.25) is 0 Å². The van der Waals surface area contributed by atoms with E-state index >= 15 is 0 Å². The van der Waals surface area contributed by atoms with Crippen LogP contribution in [0.3, 0.4) is 0 Å². The van der Waals surface area contributed by atoms with Gasteiger partial charge in [-0.15, -0.1) is 0 Å². The second kappa shape index (κ2) is 5.86. The summed E-state index contributed by atoms with van der Waals surface area (Å²) < 4.78 is 7.29. The summed E-state index contributed by atoms with van der Waals surface area (Å²) in [7, 11) is 0. The van der Waals surface area contributed by atoms with Crippen molar-refractivity contribution >= 4 is 11.7 Å². The van der Waals surface area contributed by atoms with E-state index in [0.29, 0.717) is 5.69 Å². The molecular weight excluding hydrogens is 232 g/mol. The summed E-state index contributed by atoms with van der Waals surface area (Å²) in [5.74, 6) is 0. The number of nitrogens with zero attached hydrogens (tertiary/aromatic N) is 2. The van der Waals surface area contributed by atoms with Gasteiger partial charge >= 0.3 is 6.03 Å². The quantitative estimate of drug-likeness (QED) is 0.855. The van der Waals surface area contributed by atoms with Crippen LogP contribution in [-0.4, -0.2) is 34.6 Å². The number of urea groups is 1. The number of hydrogen-bond donors (Lipinski definition) is 2. The summed E-state index contributed by atoms with van der Waals surface area (Å²) >= 11 is 0. The number of anilines is 1. The number of rotatable bonds is 4. The molecule has 2 N–H and O–H groups in total. The van der Waals surface area contributed by atoms with E-state index in [4.69, 9.17) is 4.74 Å². The molecule has 0 unspecified atom stereocenters. The number of carbonyl (C=O) groups is 1. The summed E-state index contributed by atoms with van der Waals surface area (Å²) in [6.07, 6.45) is 5.65. The lowest BCUT2D eigenvalue weighted by Gasteiger charge is -2.19. The fraction of sp³-hybridized carbons (Fsp3) is 0.667. The van der Waals surface area contributed by atoms with Crippen molar-refractivity contribution in [3.8, 4) is 0 Å². The van der Waals surface area contributed by atoms with E-state index in [1.165, 1.54) is 0 Å². The molecule has 1 aliphatic rings. The Balaban J connectivity index is 1.80. The van der Waals surface area contributed by atoms with Gasteiger partial charge in [-0.2, -0.15) is 5.10 Å². The number of ether oxygens (including phenoxy) is 1. The van der Waals surface area contributed by atoms with Crippen molar-refractivity contribution in [1.82, 2.24) is 15.1 Å². The maximum atomic E-state index is 11.8. The molecule has 1 aromatic rings. The van der Waals surface area contributed by atoms with Gasteiger partial charge in [-0.3, -0.25) is 4.68 Å². The Hall–Kier alpha value is -1.56. The Morgan fingerprint density at radius 3 is 3.17 bits per heavy atom. The van der Waals surface area contributed by atoms with Gasteiger partial charge in [-0.25, -0.2) is 4.79 Å². The van der Waals surface area contributed by atoms with Gasteiger partial charge in [-0.05, 0) is 26.7 Å². The number of nitrogens with one attached hydrogen (secondary N) is 2. The highest BCUT2D eigenvalue weighted by Crippen LogP contribution is 2.15. The molecule has 2 atom stereocenters. The Labute approximate surface area is 107 Å². The Bertz CT molecular complexity index is 399. The van der Waals surface area contributed by atoms with Gasteiger partial charge in [0.2, 0.25) is 0 Å². The Morgan fingerprint density at radius 1 is 1.72 bits per heavy atom. The van der Waals surface area contributed by atoms with Gasteiger partial charge in [0.25, 0.3) is 0 Å². The average molecular weight is 252 g/mol. The minimum Gasteiger partial charge on any atom is -0.376 e. The van der Waals surface area contributed by atoms with E-state index in [0.717, 1.165) is 26.0 Å². The highest BCUT2D eigenvalue weighted by molar-refractivity contribution is 5.89. The SMILES string of the molecule is CCn1cc(NC(=O)N[C@@H](C)[C@H]2CCCO2)cn1. The van der Waals surface area contributed by atoms with Gasteiger partial charge in [0.1, 0.15) is 0 Å². The second-order valence-electron chi connectivity index (χ2n) is 4.52. The minimum absolute atomic E-state index is 0.0220. The largest absolute Gasteiger partial charge is 0.376 e. The molecule has 2 heterocycles. The fourth-order valence-electron chi connectivity index (χ4n) is 2.06. The molecule has 0 bridgehead atoms. The molecule has 6 nitrogen and oxygen atoms in total. The second-order valence-corrected chi connectivity index (χ2v) is 4.52. The van der Waals surface area contributed by atoms with E-state index in [9.17, 15) is 4.79 Å². The predicted molar refractivity (Wildman–Crippen MR) is 68.5 cm³/mol. The van der Waals surface area contributed by atoms with Crippen molar-refractivity contribution < 1.29 is 9.53 Å². The normalized spacial score (nSPS) is 20.7. The third kappa shape index (κ3) is 3.22. The third-order valence-corrected chi connectivity index (χ3v) is 3.10. The van der Waals surface area contributed by atoms with Crippen LogP contribution in [0.1, 0.15) is 26.7 Å². The molecule has 18 heavy (non-hydrogen) atoms. The Kier molecular flexibility index (Phi) is 4.19. The zero-order chi connectivity index (χ0) is 13.0. The predicted octanol–water partition coefficient (Wildman–Crippen LogP) is 1.59. The van der Waals surface area contributed by atoms with E-state index in [1.54, 1.807) is 17.1 Å². The van der Waals surface area contributed by atoms with E-state index in [2.05, 4.69) is 15.7 Å². The third-order valence-electron chi connectivity index (χ3n) is 3.10. The van der Waals surface area contributed by atoms with Gasteiger partial charge in [0.15, 0.2) is 0 Å². The van der Waals surface area contributed by atoms with Gasteiger partial charge in [0.05, 0.1) is 24.0 Å². The van der Waals surface area contributed by atoms with Crippen molar-refractivity contribution in [2.75, 3.05) is 11.9 Å². The number of aryl methyl sites for hydroxylation is 1. The van der Waals surface area contributed by atoms with Crippen LogP contribution < -0.4 is 10.6 Å². The van der Waals surface area contributed by atoms with Crippen LogP contribution in [-0.2, 0) is 11.3 Å². The maximum Gasteiger partial charge on any atom is 0.319 e. The zero-order valence-corrected chi connectivity index (χ0v) is 10.8. The fourth-order valence-corrected chi connectivity index (χ4v) is 2.06. The number of amides is 2. The highest BCUT2D eigenvalue weighted by atomic mass is 16.5.